The van der Waals surface area contributed by atoms with Gasteiger partial charge in [-0.1, -0.05) is 13.3 Å². The fourth-order valence-corrected chi connectivity index (χ4v) is 6.79. The molecule has 4 N–H and O–H groups in total. The van der Waals surface area contributed by atoms with Crippen LogP contribution in [0.2, 0.25) is 0 Å². The van der Waals surface area contributed by atoms with Gasteiger partial charge in [-0.15, -0.1) is 11.3 Å². The van der Waals surface area contributed by atoms with Crippen molar-refractivity contribution in [2.45, 2.75) is 38.9 Å². The van der Waals surface area contributed by atoms with Crippen LogP contribution in [0.5, 0.6) is 5.88 Å². The Labute approximate surface area is 242 Å². The number of carbonyl (C=O) groups excluding carboxylic acids is 1. The van der Waals surface area contributed by atoms with Crippen molar-refractivity contribution in [1.82, 2.24) is 30.9 Å². The first kappa shape index (κ1) is 28.4. The van der Waals surface area contributed by atoms with Crippen molar-refractivity contribution in [3.8, 4) is 17.1 Å². The lowest BCUT2D eigenvalue weighted by Gasteiger charge is -2.54. The molecule has 3 aromatic rings. The van der Waals surface area contributed by atoms with Gasteiger partial charge in [0, 0.05) is 42.8 Å². The molecule has 4 heterocycles. The lowest BCUT2D eigenvalue weighted by atomic mass is 9.64. The largest absolute Gasteiger partial charge is 0.481 e. The van der Waals surface area contributed by atoms with Crippen molar-refractivity contribution >= 4 is 45.5 Å². The molecule has 0 saturated carbocycles. The zero-order valence-electron chi connectivity index (χ0n) is 23.3. The standard InChI is InChI=1S/C28H34N8O4S/c1-4-7-27(25(37)38)8-10-29-15-22(27)28(35-26(39)30-5-2)34-9-6-11-36(28)18-12-19(24-21(13-18)33-17-41-24)20-14-23(40-3)32-16-31-20/h6,9,11-14,16-17,22,29H,4-5,7-8,10,15H2,1-3H3,(H,37,38)(H2,30,35,39). The van der Waals surface area contributed by atoms with Crippen LogP contribution in [0.4, 0.5) is 10.5 Å². The van der Waals surface area contributed by atoms with Crippen LogP contribution in [0, 0.1) is 11.3 Å². The Balaban J connectivity index is 1.73. The summed E-state index contributed by atoms with van der Waals surface area (Å²) in [5.41, 5.74) is 3.48. The number of fused-ring (bicyclic) bond motifs is 1. The summed E-state index contributed by atoms with van der Waals surface area (Å²) in [4.78, 5) is 46.3. The summed E-state index contributed by atoms with van der Waals surface area (Å²) in [6, 6.07) is 5.19. The quantitative estimate of drug-likeness (QED) is 0.298. The van der Waals surface area contributed by atoms with E-state index >= 15 is 0 Å². The number of piperidine rings is 1. The minimum Gasteiger partial charge on any atom is -0.481 e. The molecule has 3 unspecified atom stereocenters. The van der Waals surface area contributed by atoms with E-state index in [1.165, 1.54) is 17.7 Å². The summed E-state index contributed by atoms with van der Waals surface area (Å²) in [6.45, 7) is 5.11. The highest BCUT2D eigenvalue weighted by molar-refractivity contribution is 7.17. The number of rotatable bonds is 9. The number of thiazole rings is 1. The smallest absolute Gasteiger partial charge is 0.318 e. The van der Waals surface area contributed by atoms with Crippen LogP contribution in [0.3, 0.4) is 0 Å². The number of allylic oxidation sites excluding steroid dienone is 1. The van der Waals surface area contributed by atoms with E-state index in [0.29, 0.717) is 56.2 Å². The predicted molar refractivity (Wildman–Crippen MR) is 158 cm³/mol. The zero-order valence-corrected chi connectivity index (χ0v) is 24.1. The number of nitrogens with zero attached hydrogens (tertiary/aromatic N) is 5. The van der Waals surface area contributed by atoms with E-state index in [-0.39, 0.29) is 0 Å². The van der Waals surface area contributed by atoms with E-state index in [4.69, 9.17) is 9.73 Å². The Bertz CT molecular complexity index is 1490. The van der Waals surface area contributed by atoms with E-state index in [2.05, 4.69) is 30.9 Å². The summed E-state index contributed by atoms with van der Waals surface area (Å²) in [5.74, 6) is -2.55. The molecule has 12 nitrogen and oxygen atoms in total. The third-order valence-electron chi connectivity index (χ3n) is 7.79. The highest BCUT2D eigenvalue weighted by atomic mass is 32.1. The normalized spacial score (nSPS) is 23.9. The molecular weight excluding hydrogens is 544 g/mol. The van der Waals surface area contributed by atoms with Crippen molar-refractivity contribution in [2.75, 3.05) is 31.6 Å². The second kappa shape index (κ2) is 11.8. The highest BCUT2D eigenvalue weighted by Crippen LogP contribution is 2.48. The Hall–Kier alpha value is -4.10. The molecular formula is C28H34N8O4S. The lowest BCUT2D eigenvalue weighted by Crippen LogP contribution is -2.71. The van der Waals surface area contributed by atoms with E-state index < -0.39 is 29.1 Å². The van der Waals surface area contributed by atoms with Gasteiger partial charge in [0.1, 0.15) is 6.33 Å². The summed E-state index contributed by atoms with van der Waals surface area (Å²) >= 11 is 1.49. The first-order valence-corrected chi connectivity index (χ1v) is 14.5. The van der Waals surface area contributed by atoms with Crippen molar-refractivity contribution in [2.24, 2.45) is 16.3 Å². The number of benzene rings is 1. The molecule has 1 aromatic carbocycles. The molecule has 3 atom stereocenters. The maximum Gasteiger partial charge on any atom is 0.318 e. The number of hydrogen-bond donors (Lipinski definition) is 4. The van der Waals surface area contributed by atoms with Gasteiger partial charge in [0.2, 0.25) is 11.7 Å². The Kier molecular flexibility index (Phi) is 8.18. The number of aliphatic carboxylic acids is 1. The van der Waals surface area contributed by atoms with Gasteiger partial charge in [0.25, 0.3) is 0 Å². The maximum atomic E-state index is 13.2. The van der Waals surface area contributed by atoms with Crippen LogP contribution < -0.4 is 25.6 Å². The molecule has 2 aliphatic rings. The van der Waals surface area contributed by atoms with Crippen LogP contribution in [-0.2, 0) is 4.79 Å². The summed E-state index contributed by atoms with van der Waals surface area (Å²) in [7, 11) is 1.55. The second-order valence-corrected chi connectivity index (χ2v) is 10.9. The number of hydrogen-bond acceptors (Lipinski definition) is 10. The maximum absolute atomic E-state index is 13.2. The third kappa shape index (κ3) is 5.10. The number of anilines is 1. The first-order valence-electron chi connectivity index (χ1n) is 13.6. The lowest BCUT2D eigenvalue weighted by molar-refractivity contribution is -0.158. The number of carboxylic acids is 1. The van der Waals surface area contributed by atoms with Crippen LogP contribution in [0.1, 0.15) is 33.1 Å². The fourth-order valence-electron chi connectivity index (χ4n) is 5.99. The van der Waals surface area contributed by atoms with Gasteiger partial charge >= 0.3 is 12.0 Å². The molecule has 2 aromatic heterocycles. The Morgan fingerprint density at radius 1 is 1.24 bits per heavy atom. The first-order chi connectivity index (χ1) is 19.9. The molecule has 1 saturated heterocycles. The average Bonchev–Trinajstić information content (AvgIpc) is 3.46. The topological polar surface area (TPSA) is 154 Å². The number of methoxy groups -OCH3 is 1. The van der Waals surface area contributed by atoms with Crippen molar-refractivity contribution in [1.29, 1.82) is 0 Å². The van der Waals surface area contributed by atoms with Crippen molar-refractivity contribution in [3.63, 3.8) is 0 Å². The number of aromatic nitrogens is 3. The number of nitrogens with one attached hydrogen (secondary N) is 3. The number of urea groups is 1. The van der Waals surface area contributed by atoms with Gasteiger partial charge in [0.15, 0.2) is 0 Å². The minimum absolute atomic E-state index is 0.343. The molecule has 216 valence electrons. The molecule has 41 heavy (non-hydrogen) atoms. The summed E-state index contributed by atoms with van der Waals surface area (Å²) < 4.78 is 6.27. The summed E-state index contributed by atoms with van der Waals surface area (Å²) in [5, 5.41) is 20.0. The second-order valence-electron chi connectivity index (χ2n) is 10.1. The number of ether oxygens (including phenoxy) is 1. The molecule has 2 aliphatic heterocycles. The van der Waals surface area contributed by atoms with Crippen molar-refractivity contribution < 1.29 is 19.4 Å². The highest BCUT2D eigenvalue weighted by Gasteiger charge is 2.59. The van der Waals surface area contributed by atoms with E-state index in [9.17, 15) is 14.7 Å². The molecule has 13 heteroatoms. The SMILES string of the molecule is CCCC1(C(=O)O)CCNCC1C1(NC(=O)NCC)N=CC=CN1c1cc(-c2cc(OC)ncn2)c2scnc2c1. The number of amides is 2. The molecule has 1 fully saturated rings. The molecule has 0 bridgehead atoms. The zero-order chi connectivity index (χ0) is 29.0. The molecule has 5 rings (SSSR count). The predicted octanol–water partition coefficient (Wildman–Crippen LogP) is 3.62. The number of carbonyl (C=O) groups is 2. The average molecular weight is 579 g/mol. The van der Waals surface area contributed by atoms with Gasteiger partial charge in [-0.3, -0.25) is 10.1 Å². The van der Waals surface area contributed by atoms with E-state index in [0.717, 1.165) is 15.8 Å². The van der Waals surface area contributed by atoms with Crippen LogP contribution in [-0.4, -0.2) is 70.8 Å². The van der Waals surface area contributed by atoms with Crippen LogP contribution >= 0.6 is 11.3 Å². The molecule has 0 aliphatic carbocycles. The van der Waals surface area contributed by atoms with E-state index in [1.54, 1.807) is 31.0 Å². The number of carboxylic acid groups (broad SMARTS) is 1. The minimum atomic E-state index is -1.46. The van der Waals surface area contributed by atoms with E-state index in [1.807, 2.05) is 37.1 Å². The van der Waals surface area contributed by atoms with Gasteiger partial charge < -0.3 is 25.4 Å². The van der Waals surface area contributed by atoms with Gasteiger partial charge in [0.05, 0.1) is 39.9 Å². The van der Waals surface area contributed by atoms with Crippen LogP contribution in [0.25, 0.3) is 21.5 Å². The Morgan fingerprint density at radius 3 is 2.85 bits per heavy atom. The van der Waals surface area contributed by atoms with Gasteiger partial charge in [-0.05, 0) is 44.5 Å². The fraction of sp³-hybridized carbons (Fsp3) is 0.429. The van der Waals surface area contributed by atoms with Crippen molar-refractivity contribution in [3.05, 3.63) is 42.3 Å². The molecule has 0 radical (unpaired) electrons. The van der Waals surface area contributed by atoms with Gasteiger partial charge in [-0.25, -0.2) is 24.7 Å². The molecule has 2 amide bonds. The Morgan fingerprint density at radius 2 is 2.10 bits per heavy atom. The number of aliphatic imine (C=N–C) groups is 1. The monoisotopic (exact) mass is 578 g/mol. The van der Waals surface area contributed by atoms with Gasteiger partial charge in [-0.2, -0.15) is 0 Å². The molecule has 0 spiro atoms. The third-order valence-corrected chi connectivity index (χ3v) is 8.66. The van der Waals surface area contributed by atoms with Crippen LogP contribution in [0.15, 0.2) is 47.3 Å². The summed E-state index contributed by atoms with van der Waals surface area (Å²) in [6.07, 6.45) is 8.18.